The quantitative estimate of drug-likeness (QED) is 0.638. The lowest BCUT2D eigenvalue weighted by atomic mass is 10.5. The van der Waals surface area contributed by atoms with Crippen LogP contribution in [0.4, 0.5) is 0 Å². The topological polar surface area (TPSA) is 9.23 Å². The highest BCUT2D eigenvalue weighted by Gasteiger charge is 2.27. The molecule has 0 spiro atoms. The molecule has 0 aromatic heterocycles. The molecule has 74 valence electrons. The van der Waals surface area contributed by atoms with E-state index in [1.807, 2.05) is 0 Å². The summed E-state index contributed by atoms with van der Waals surface area (Å²) in [4.78, 5) is 0. The second kappa shape index (κ2) is 4.58. The summed E-state index contributed by atoms with van der Waals surface area (Å²) in [6.07, 6.45) is 0. The zero-order valence-corrected chi connectivity index (χ0v) is 11.8. The summed E-state index contributed by atoms with van der Waals surface area (Å²) in [6.45, 7) is 16.1. The molecule has 0 aliphatic rings. The van der Waals surface area contributed by atoms with Gasteiger partial charge in [0, 0.05) is 0 Å². The molecule has 0 amide bonds. The van der Waals surface area contributed by atoms with Crippen LogP contribution >= 0.6 is 0 Å². The third-order valence-corrected chi connectivity index (χ3v) is 8.35. The van der Waals surface area contributed by atoms with E-state index in [0.717, 1.165) is 11.1 Å². The average molecular weight is 204 g/mol. The molecule has 3 heteroatoms. The van der Waals surface area contributed by atoms with E-state index in [1.54, 1.807) is 0 Å². The summed E-state index contributed by atoms with van der Waals surface area (Å²) < 4.78 is 6.24. The maximum absolute atomic E-state index is 6.24. The Morgan fingerprint density at radius 1 is 0.917 bits per heavy atom. The third-order valence-electron chi connectivity index (χ3n) is 1.80. The van der Waals surface area contributed by atoms with E-state index in [-0.39, 0.29) is 0 Å². The smallest absolute Gasteiger partial charge is 0.170 e. The molecule has 0 unspecified atom stereocenters. The highest BCUT2D eigenvalue weighted by molar-refractivity contribution is 6.78. The van der Waals surface area contributed by atoms with Crippen molar-refractivity contribution < 1.29 is 4.12 Å². The van der Waals surface area contributed by atoms with Crippen molar-refractivity contribution in [3.63, 3.8) is 0 Å². The Morgan fingerprint density at radius 2 is 1.25 bits per heavy atom. The predicted molar refractivity (Wildman–Crippen MR) is 61.8 cm³/mol. The molecule has 0 radical (unpaired) electrons. The first-order valence-electron chi connectivity index (χ1n) is 4.92. The van der Waals surface area contributed by atoms with Crippen LogP contribution < -0.4 is 0 Å². The first-order valence-corrected chi connectivity index (χ1v) is 10.1. The zero-order valence-electron chi connectivity index (χ0n) is 9.64. The van der Waals surface area contributed by atoms with Gasteiger partial charge in [-0.1, -0.05) is 27.7 Å². The van der Waals surface area contributed by atoms with Gasteiger partial charge in [0.1, 0.15) is 0 Å². The first kappa shape index (κ1) is 12.4. The van der Waals surface area contributed by atoms with E-state index in [4.69, 9.17) is 4.12 Å². The lowest BCUT2D eigenvalue weighted by Crippen LogP contribution is -2.38. The van der Waals surface area contributed by atoms with Gasteiger partial charge in [-0.2, -0.15) is 0 Å². The molecule has 0 fully saturated rings. The van der Waals surface area contributed by atoms with Crippen molar-refractivity contribution in [3.05, 3.63) is 0 Å². The van der Waals surface area contributed by atoms with E-state index in [2.05, 4.69) is 47.3 Å². The Balaban J connectivity index is 4.15. The summed E-state index contributed by atoms with van der Waals surface area (Å²) in [5, 5.41) is 0. The van der Waals surface area contributed by atoms with Crippen LogP contribution in [0.3, 0.4) is 0 Å². The van der Waals surface area contributed by atoms with Crippen molar-refractivity contribution in [2.45, 2.75) is 58.4 Å². The highest BCUT2D eigenvalue weighted by Crippen LogP contribution is 2.24. The van der Waals surface area contributed by atoms with Crippen molar-refractivity contribution in [1.29, 1.82) is 0 Å². The minimum atomic E-state index is -1.28. The molecule has 1 nitrogen and oxygen atoms in total. The number of hydrogen-bond donors (Lipinski definition) is 0. The zero-order chi connectivity index (χ0) is 9.94. The maximum Gasteiger partial charge on any atom is 0.170 e. The maximum atomic E-state index is 6.24. The summed E-state index contributed by atoms with van der Waals surface area (Å²) in [7, 11) is -2.23. The largest absolute Gasteiger partial charge is 0.457 e. The van der Waals surface area contributed by atoms with Gasteiger partial charge in [-0.05, 0) is 30.7 Å². The Hall–Kier alpha value is 0.394. The first-order chi connectivity index (χ1) is 5.24. The van der Waals surface area contributed by atoms with E-state index >= 15 is 0 Å². The van der Waals surface area contributed by atoms with Crippen LogP contribution in [0.1, 0.15) is 27.7 Å². The molecule has 0 saturated heterocycles. The van der Waals surface area contributed by atoms with Crippen LogP contribution in [0, 0.1) is 0 Å². The molecule has 0 aromatic carbocycles. The molecular weight excluding hydrogens is 180 g/mol. The second-order valence-corrected chi connectivity index (χ2v) is 13.9. The van der Waals surface area contributed by atoms with Gasteiger partial charge in [0.05, 0.1) is 0 Å². The second-order valence-electron chi connectivity index (χ2n) is 5.18. The van der Waals surface area contributed by atoms with E-state index < -0.39 is 17.4 Å². The summed E-state index contributed by atoms with van der Waals surface area (Å²) in [5.41, 5.74) is 1.55. The summed E-state index contributed by atoms with van der Waals surface area (Å²) in [6, 6.07) is 0. The molecule has 0 aliphatic carbocycles. The van der Waals surface area contributed by atoms with Gasteiger partial charge in [-0.15, -0.1) is 0 Å². The lowest BCUT2D eigenvalue weighted by molar-refractivity contribution is 0.536. The van der Waals surface area contributed by atoms with Crippen molar-refractivity contribution in [1.82, 2.24) is 0 Å². The fourth-order valence-electron chi connectivity index (χ4n) is 1.45. The Morgan fingerprint density at radius 3 is 1.33 bits per heavy atom. The number of rotatable bonds is 4. The monoisotopic (exact) mass is 204 g/mol. The van der Waals surface area contributed by atoms with Crippen molar-refractivity contribution in [2.24, 2.45) is 0 Å². The average Bonchev–Trinajstić information content (AvgIpc) is 1.79. The summed E-state index contributed by atoms with van der Waals surface area (Å²) in [5.74, 6) is 0. The Labute approximate surface area is 80.4 Å². The lowest BCUT2D eigenvalue weighted by Gasteiger charge is -2.30. The van der Waals surface area contributed by atoms with Gasteiger partial charge in [0.15, 0.2) is 17.4 Å². The molecule has 0 heterocycles. The van der Waals surface area contributed by atoms with Crippen LogP contribution in [-0.4, -0.2) is 17.4 Å². The van der Waals surface area contributed by atoms with Gasteiger partial charge < -0.3 is 4.12 Å². The van der Waals surface area contributed by atoms with E-state index in [0.29, 0.717) is 0 Å². The van der Waals surface area contributed by atoms with Gasteiger partial charge in [-0.3, -0.25) is 0 Å². The minimum Gasteiger partial charge on any atom is -0.457 e. The van der Waals surface area contributed by atoms with E-state index in [1.165, 1.54) is 0 Å². The normalized spacial score (nSPS) is 13.5. The van der Waals surface area contributed by atoms with Gasteiger partial charge in [0.25, 0.3) is 0 Å². The van der Waals surface area contributed by atoms with Crippen LogP contribution in [-0.2, 0) is 4.12 Å². The molecular formula is C9H24OSi2. The van der Waals surface area contributed by atoms with Crippen LogP contribution in [0.5, 0.6) is 0 Å². The van der Waals surface area contributed by atoms with Gasteiger partial charge in [-0.25, -0.2) is 0 Å². The molecule has 0 aromatic rings. The molecule has 0 rings (SSSR count). The van der Waals surface area contributed by atoms with Crippen LogP contribution in [0.25, 0.3) is 0 Å². The highest BCUT2D eigenvalue weighted by atomic mass is 28.4. The third kappa shape index (κ3) is 5.11. The van der Waals surface area contributed by atoms with Gasteiger partial charge in [0.2, 0.25) is 0 Å². The number of hydrogen-bond acceptors (Lipinski definition) is 1. The molecule has 0 bridgehead atoms. The standard InChI is InChI=1S/C9H24OSi2/c1-8(2)11(9(3)4)10-12(5,6)7/h8-9,11H,1-7H3. The van der Waals surface area contributed by atoms with Crippen molar-refractivity contribution >= 4 is 17.4 Å². The summed E-state index contributed by atoms with van der Waals surface area (Å²) >= 11 is 0. The molecule has 12 heavy (non-hydrogen) atoms. The fraction of sp³-hybridized carbons (Fsp3) is 1.00. The van der Waals surface area contributed by atoms with Crippen LogP contribution in [0.15, 0.2) is 0 Å². The SMILES string of the molecule is CC(C)[SiH](O[Si](C)(C)C)C(C)C. The molecule has 0 aliphatic heterocycles. The predicted octanol–water partition coefficient (Wildman–Crippen LogP) is 3.38. The van der Waals surface area contributed by atoms with E-state index in [9.17, 15) is 0 Å². The minimum absolute atomic E-state index is 0.775. The molecule has 0 N–H and O–H groups in total. The van der Waals surface area contributed by atoms with Crippen molar-refractivity contribution in [3.8, 4) is 0 Å². The van der Waals surface area contributed by atoms with Crippen molar-refractivity contribution in [2.75, 3.05) is 0 Å². The Kier molecular flexibility index (Phi) is 4.73. The molecule has 0 saturated carbocycles. The molecule has 0 atom stereocenters. The fourth-order valence-corrected chi connectivity index (χ4v) is 8.43. The Bertz CT molecular complexity index is 119. The van der Waals surface area contributed by atoms with Crippen LogP contribution in [0.2, 0.25) is 30.7 Å². The van der Waals surface area contributed by atoms with Gasteiger partial charge >= 0.3 is 0 Å².